The lowest BCUT2D eigenvalue weighted by molar-refractivity contribution is 1.20. The third-order valence-corrected chi connectivity index (χ3v) is 1.45. The SMILES string of the molecule is Nc1nccc2c1C=C[N]2. The molecule has 0 spiro atoms. The smallest absolute Gasteiger partial charge is 0.132 e. The summed E-state index contributed by atoms with van der Waals surface area (Å²) in [6.07, 6.45) is 5.24. The summed E-state index contributed by atoms with van der Waals surface area (Å²) >= 11 is 0. The molecule has 1 radical (unpaired) electrons. The Labute approximate surface area is 58.6 Å². The van der Waals surface area contributed by atoms with Gasteiger partial charge >= 0.3 is 0 Å². The van der Waals surface area contributed by atoms with Gasteiger partial charge in [-0.3, -0.25) is 5.32 Å². The molecule has 0 unspecified atom stereocenters. The fourth-order valence-electron chi connectivity index (χ4n) is 0.954. The summed E-state index contributed by atoms with van der Waals surface area (Å²) in [5.41, 5.74) is 7.39. The number of hydrogen-bond donors (Lipinski definition) is 1. The van der Waals surface area contributed by atoms with Gasteiger partial charge in [-0.1, -0.05) is 0 Å². The molecular weight excluding hydrogens is 126 g/mol. The Hall–Kier alpha value is -1.51. The van der Waals surface area contributed by atoms with E-state index in [1.807, 2.05) is 12.1 Å². The molecule has 10 heavy (non-hydrogen) atoms. The molecule has 49 valence electrons. The van der Waals surface area contributed by atoms with Gasteiger partial charge in [0.1, 0.15) is 5.82 Å². The summed E-state index contributed by atoms with van der Waals surface area (Å²) < 4.78 is 0. The van der Waals surface area contributed by atoms with Crippen molar-refractivity contribution >= 4 is 17.6 Å². The van der Waals surface area contributed by atoms with Crippen molar-refractivity contribution in [2.24, 2.45) is 0 Å². The summed E-state index contributed by atoms with van der Waals surface area (Å²) in [6.45, 7) is 0. The average molecular weight is 132 g/mol. The van der Waals surface area contributed by atoms with Crippen LogP contribution >= 0.6 is 0 Å². The van der Waals surface area contributed by atoms with E-state index in [1.165, 1.54) is 0 Å². The zero-order valence-electron chi connectivity index (χ0n) is 5.28. The third-order valence-electron chi connectivity index (χ3n) is 1.45. The number of aromatic nitrogens is 1. The monoisotopic (exact) mass is 132 g/mol. The number of hydrogen-bond acceptors (Lipinski definition) is 2. The van der Waals surface area contributed by atoms with Gasteiger partial charge in [-0.2, -0.15) is 0 Å². The van der Waals surface area contributed by atoms with Crippen LogP contribution in [0.5, 0.6) is 0 Å². The molecule has 0 saturated carbocycles. The Morgan fingerprint density at radius 1 is 1.40 bits per heavy atom. The number of nitrogens with two attached hydrogens (primary N) is 1. The van der Waals surface area contributed by atoms with Crippen molar-refractivity contribution in [1.82, 2.24) is 10.3 Å². The number of nitrogen functional groups attached to an aromatic ring is 1. The minimum Gasteiger partial charge on any atom is -0.383 e. The molecule has 2 heterocycles. The molecule has 2 rings (SSSR count). The summed E-state index contributed by atoms with van der Waals surface area (Å²) in [5.74, 6) is 0.551. The highest BCUT2D eigenvalue weighted by Gasteiger charge is 2.07. The fourth-order valence-corrected chi connectivity index (χ4v) is 0.954. The lowest BCUT2D eigenvalue weighted by Crippen LogP contribution is -1.93. The predicted octanol–water partition coefficient (Wildman–Crippen LogP) is 0.884. The average Bonchev–Trinajstić information content (AvgIpc) is 2.36. The quantitative estimate of drug-likeness (QED) is 0.569. The van der Waals surface area contributed by atoms with Crippen LogP contribution in [0.25, 0.3) is 6.08 Å². The number of anilines is 1. The van der Waals surface area contributed by atoms with E-state index in [-0.39, 0.29) is 0 Å². The highest BCUT2D eigenvalue weighted by Crippen LogP contribution is 2.25. The molecule has 1 aliphatic rings. The van der Waals surface area contributed by atoms with Gasteiger partial charge in [-0.15, -0.1) is 0 Å². The number of nitrogens with zero attached hydrogens (tertiary/aromatic N) is 2. The maximum Gasteiger partial charge on any atom is 0.132 e. The highest BCUT2D eigenvalue weighted by molar-refractivity contribution is 5.75. The molecule has 0 aromatic carbocycles. The van der Waals surface area contributed by atoms with E-state index in [9.17, 15) is 0 Å². The minimum atomic E-state index is 0.551. The second-order valence-corrected chi connectivity index (χ2v) is 2.07. The molecule has 0 atom stereocenters. The maximum absolute atomic E-state index is 5.55. The molecule has 2 N–H and O–H groups in total. The molecule has 1 aromatic heterocycles. The van der Waals surface area contributed by atoms with E-state index in [1.54, 1.807) is 12.4 Å². The normalized spacial score (nSPS) is 12.8. The molecule has 3 heteroatoms. The zero-order chi connectivity index (χ0) is 6.97. The number of fused-ring (bicyclic) bond motifs is 1. The van der Waals surface area contributed by atoms with Crippen molar-refractivity contribution < 1.29 is 0 Å². The van der Waals surface area contributed by atoms with E-state index >= 15 is 0 Å². The fraction of sp³-hybridized carbons (Fsp3) is 0. The Morgan fingerprint density at radius 2 is 2.30 bits per heavy atom. The van der Waals surface area contributed by atoms with Crippen LogP contribution in [0.2, 0.25) is 0 Å². The van der Waals surface area contributed by atoms with Crippen molar-refractivity contribution in [1.29, 1.82) is 0 Å². The molecule has 0 saturated heterocycles. The summed E-state index contributed by atoms with van der Waals surface area (Å²) in [5, 5.41) is 4.06. The first-order valence-electron chi connectivity index (χ1n) is 3.00. The topological polar surface area (TPSA) is 53.0 Å². The predicted molar refractivity (Wildman–Crippen MR) is 39.5 cm³/mol. The van der Waals surface area contributed by atoms with E-state index in [4.69, 9.17) is 5.73 Å². The lowest BCUT2D eigenvalue weighted by atomic mass is 10.2. The van der Waals surface area contributed by atoms with Crippen LogP contribution in [0.3, 0.4) is 0 Å². The maximum atomic E-state index is 5.55. The van der Waals surface area contributed by atoms with Gasteiger partial charge < -0.3 is 5.73 Å². The Morgan fingerprint density at radius 3 is 3.10 bits per heavy atom. The van der Waals surface area contributed by atoms with Crippen LogP contribution in [0.15, 0.2) is 18.5 Å². The van der Waals surface area contributed by atoms with Crippen molar-refractivity contribution in [3.05, 3.63) is 24.0 Å². The zero-order valence-corrected chi connectivity index (χ0v) is 5.28. The second-order valence-electron chi connectivity index (χ2n) is 2.07. The van der Waals surface area contributed by atoms with Crippen LogP contribution in [0.4, 0.5) is 11.5 Å². The van der Waals surface area contributed by atoms with E-state index in [0.29, 0.717) is 5.82 Å². The van der Waals surface area contributed by atoms with E-state index in [2.05, 4.69) is 10.3 Å². The van der Waals surface area contributed by atoms with Gasteiger partial charge in [0.2, 0.25) is 0 Å². The molecule has 1 aliphatic heterocycles. The Balaban J connectivity index is 2.67. The van der Waals surface area contributed by atoms with Crippen molar-refractivity contribution in [3.63, 3.8) is 0 Å². The molecule has 0 aliphatic carbocycles. The van der Waals surface area contributed by atoms with Gasteiger partial charge in [-0.25, -0.2) is 4.98 Å². The molecule has 0 bridgehead atoms. The van der Waals surface area contributed by atoms with Crippen molar-refractivity contribution in [2.45, 2.75) is 0 Å². The van der Waals surface area contributed by atoms with Crippen LogP contribution in [-0.4, -0.2) is 4.98 Å². The first kappa shape index (κ1) is 5.29. The molecule has 0 amide bonds. The first-order chi connectivity index (χ1) is 4.88. The molecule has 1 aromatic rings. The summed E-state index contributed by atoms with van der Waals surface area (Å²) in [6, 6.07) is 1.84. The minimum absolute atomic E-state index is 0.551. The van der Waals surface area contributed by atoms with Gasteiger partial charge in [0.05, 0.1) is 5.69 Å². The van der Waals surface area contributed by atoms with Crippen LogP contribution < -0.4 is 11.1 Å². The second kappa shape index (κ2) is 1.73. The van der Waals surface area contributed by atoms with Crippen LogP contribution in [-0.2, 0) is 0 Å². The highest BCUT2D eigenvalue weighted by atomic mass is 14.9. The van der Waals surface area contributed by atoms with Crippen LogP contribution in [0.1, 0.15) is 5.56 Å². The van der Waals surface area contributed by atoms with Gasteiger partial charge in [0, 0.05) is 18.0 Å². The van der Waals surface area contributed by atoms with Gasteiger partial charge in [0.15, 0.2) is 0 Å². The number of rotatable bonds is 0. The molecular formula is C7H6N3. The van der Waals surface area contributed by atoms with Crippen molar-refractivity contribution in [2.75, 3.05) is 5.73 Å². The Bertz CT molecular complexity index is 291. The van der Waals surface area contributed by atoms with Gasteiger partial charge in [-0.05, 0) is 12.1 Å². The standard InChI is InChI=1S/C7H6N3/c8-7-5-1-3-9-6(5)2-4-10-7/h1-4H,(H2,8,10). The summed E-state index contributed by atoms with van der Waals surface area (Å²) in [7, 11) is 0. The van der Waals surface area contributed by atoms with Crippen molar-refractivity contribution in [3.8, 4) is 0 Å². The molecule has 3 nitrogen and oxygen atoms in total. The lowest BCUT2D eigenvalue weighted by Gasteiger charge is -1.97. The van der Waals surface area contributed by atoms with Gasteiger partial charge in [0.25, 0.3) is 0 Å². The first-order valence-corrected chi connectivity index (χ1v) is 3.00. The third kappa shape index (κ3) is 0.572. The largest absolute Gasteiger partial charge is 0.383 e. The van der Waals surface area contributed by atoms with E-state index < -0.39 is 0 Å². The Kier molecular flexibility index (Phi) is 0.917. The number of pyridine rings is 1. The van der Waals surface area contributed by atoms with Crippen LogP contribution in [0, 0.1) is 0 Å². The summed E-state index contributed by atoms with van der Waals surface area (Å²) in [4.78, 5) is 3.92. The van der Waals surface area contributed by atoms with E-state index in [0.717, 1.165) is 11.3 Å². The molecule has 0 fully saturated rings.